The summed E-state index contributed by atoms with van der Waals surface area (Å²) in [4.78, 5) is 21.9. The number of aliphatic carboxylic acids is 1. The molecule has 4 nitrogen and oxygen atoms in total. The molecular formula is C7H8F3NO3. The van der Waals surface area contributed by atoms with Crippen LogP contribution in [0.1, 0.15) is 0 Å². The summed E-state index contributed by atoms with van der Waals surface area (Å²) >= 11 is 0. The maximum atomic E-state index is 11.7. The van der Waals surface area contributed by atoms with Gasteiger partial charge in [0.1, 0.15) is 0 Å². The number of carbonyl (C=O) groups excluding carboxylic acids is 1. The van der Waals surface area contributed by atoms with E-state index in [2.05, 4.69) is 0 Å². The maximum absolute atomic E-state index is 11.7. The molecule has 0 radical (unpaired) electrons. The molecule has 1 N–H and O–H groups in total. The van der Waals surface area contributed by atoms with Crippen molar-refractivity contribution in [3.63, 3.8) is 0 Å². The van der Waals surface area contributed by atoms with Crippen molar-refractivity contribution in [2.24, 2.45) is 5.92 Å². The van der Waals surface area contributed by atoms with Crippen LogP contribution in [0.4, 0.5) is 13.2 Å². The minimum atomic E-state index is -4.83. The Kier molecular flexibility index (Phi) is 2.79. The van der Waals surface area contributed by atoms with E-state index in [1.54, 1.807) is 0 Å². The zero-order valence-corrected chi connectivity index (χ0v) is 7.04. The quantitative estimate of drug-likeness (QED) is 0.721. The van der Waals surface area contributed by atoms with E-state index in [0.717, 1.165) is 4.90 Å². The summed E-state index contributed by atoms with van der Waals surface area (Å²) in [6.45, 7) is -0.721. The Hall–Kier alpha value is -1.11. The molecule has 0 aromatic carbocycles. The number of hydrogen-bond acceptors (Lipinski definition) is 3. The molecule has 1 aliphatic heterocycles. The largest absolute Gasteiger partial charge is 0.481 e. The van der Waals surface area contributed by atoms with Crippen molar-refractivity contribution in [1.82, 2.24) is 4.90 Å². The van der Waals surface area contributed by atoms with E-state index in [1.807, 2.05) is 0 Å². The molecule has 0 aromatic rings. The second-order valence-corrected chi connectivity index (χ2v) is 3.15. The van der Waals surface area contributed by atoms with Gasteiger partial charge in [0.2, 0.25) is 5.78 Å². The first-order chi connectivity index (χ1) is 6.30. The standard InChI is InChI=1S/C7H8F3NO3/c8-7(9,10)5(12)3-11-1-4(2-11)6(13)14/h4H,1-3H2,(H,13,14). The lowest BCUT2D eigenvalue weighted by Gasteiger charge is -2.35. The van der Waals surface area contributed by atoms with Crippen LogP contribution in [-0.2, 0) is 9.59 Å². The number of carboxylic acid groups (broad SMARTS) is 1. The maximum Gasteiger partial charge on any atom is 0.451 e. The SMILES string of the molecule is O=C(O)C1CN(CC(=O)C(F)(F)F)C1. The molecule has 7 heteroatoms. The number of halogens is 3. The second-order valence-electron chi connectivity index (χ2n) is 3.15. The lowest BCUT2D eigenvalue weighted by atomic mass is 10.0. The van der Waals surface area contributed by atoms with Gasteiger partial charge in [-0.2, -0.15) is 13.2 Å². The lowest BCUT2D eigenvalue weighted by molar-refractivity contribution is -0.174. The first-order valence-electron chi connectivity index (χ1n) is 3.86. The average molecular weight is 211 g/mol. The third-order valence-electron chi connectivity index (χ3n) is 1.99. The van der Waals surface area contributed by atoms with E-state index < -0.39 is 30.4 Å². The van der Waals surface area contributed by atoms with Gasteiger partial charge in [0, 0.05) is 13.1 Å². The molecule has 0 amide bonds. The number of Topliss-reactive ketones (excluding diaryl/α,β-unsaturated/α-hetero) is 1. The zero-order valence-electron chi connectivity index (χ0n) is 7.04. The van der Waals surface area contributed by atoms with Gasteiger partial charge in [-0.05, 0) is 0 Å². The number of likely N-dealkylation sites (tertiary alicyclic amines) is 1. The highest BCUT2D eigenvalue weighted by molar-refractivity contribution is 5.86. The van der Waals surface area contributed by atoms with Crippen LogP contribution in [0.5, 0.6) is 0 Å². The van der Waals surface area contributed by atoms with Crippen LogP contribution in [0.2, 0.25) is 0 Å². The molecule has 0 spiro atoms. The van der Waals surface area contributed by atoms with E-state index in [-0.39, 0.29) is 13.1 Å². The average Bonchev–Trinajstić information content (AvgIpc) is 1.92. The van der Waals surface area contributed by atoms with Crippen LogP contribution >= 0.6 is 0 Å². The number of rotatable bonds is 3. The highest BCUT2D eigenvalue weighted by Crippen LogP contribution is 2.20. The fraction of sp³-hybridized carbons (Fsp3) is 0.714. The molecule has 14 heavy (non-hydrogen) atoms. The normalized spacial score (nSPS) is 19.1. The summed E-state index contributed by atoms with van der Waals surface area (Å²) in [5, 5.41) is 8.41. The molecule has 1 fully saturated rings. The van der Waals surface area contributed by atoms with Crippen LogP contribution in [0.25, 0.3) is 0 Å². The van der Waals surface area contributed by atoms with Crippen molar-refractivity contribution in [2.45, 2.75) is 6.18 Å². The third kappa shape index (κ3) is 2.44. The van der Waals surface area contributed by atoms with E-state index in [0.29, 0.717) is 0 Å². The molecule has 0 unspecified atom stereocenters. The Balaban J connectivity index is 2.30. The molecule has 1 saturated heterocycles. The van der Waals surface area contributed by atoms with Crippen molar-refractivity contribution in [3.05, 3.63) is 0 Å². The highest BCUT2D eigenvalue weighted by atomic mass is 19.4. The summed E-state index contributed by atoms with van der Waals surface area (Å²) in [5.41, 5.74) is 0. The Morgan fingerprint density at radius 2 is 1.86 bits per heavy atom. The predicted octanol–water partition coefficient (Wildman–Crippen LogP) is 0.134. The zero-order chi connectivity index (χ0) is 10.9. The number of ketones is 1. The minimum Gasteiger partial charge on any atom is -0.481 e. The van der Waals surface area contributed by atoms with Gasteiger partial charge in [0.05, 0.1) is 12.5 Å². The molecule has 80 valence electrons. The summed E-state index contributed by atoms with van der Waals surface area (Å²) < 4.78 is 35.2. The minimum absolute atomic E-state index is 0.0111. The summed E-state index contributed by atoms with van der Waals surface area (Å²) in [6, 6.07) is 0. The van der Waals surface area contributed by atoms with Crippen LogP contribution in [0, 0.1) is 5.92 Å². The molecule has 1 heterocycles. The van der Waals surface area contributed by atoms with Gasteiger partial charge in [-0.15, -0.1) is 0 Å². The second kappa shape index (κ2) is 3.56. The topological polar surface area (TPSA) is 57.6 Å². The molecule has 0 atom stereocenters. The van der Waals surface area contributed by atoms with Crippen LogP contribution in [-0.4, -0.2) is 47.6 Å². The first-order valence-corrected chi connectivity index (χ1v) is 3.86. The van der Waals surface area contributed by atoms with E-state index in [4.69, 9.17) is 5.11 Å². The van der Waals surface area contributed by atoms with Gasteiger partial charge in [-0.1, -0.05) is 0 Å². The molecule has 0 aliphatic carbocycles. The summed E-state index contributed by atoms with van der Waals surface area (Å²) in [5.74, 6) is -3.52. The predicted molar refractivity (Wildman–Crippen MR) is 38.6 cm³/mol. The Morgan fingerprint density at radius 1 is 1.36 bits per heavy atom. The van der Waals surface area contributed by atoms with Gasteiger partial charge < -0.3 is 5.11 Å². The van der Waals surface area contributed by atoms with Gasteiger partial charge in [-0.25, -0.2) is 0 Å². The Bertz CT molecular complexity index is 257. The number of hydrogen-bond donors (Lipinski definition) is 1. The van der Waals surface area contributed by atoms with Crippen molar-refractivity contribution in [2.75, 3.05) is 19.6 Å². The molecule has 1 rings (SSSR count). The van der Waals surface area contributed by atoms with Crippen molar-refractivity contribution >= 4 is 11.8 Å². The molecule has 1 aliphatic rings. The number of carbonyl (C=O) groups is 2. The van der Waals surface area contributed by atoms with E-state index in [9.17, 15) is 22.8 Å². The molecule has 0 bridgehead atoms. The van der Waals surface area contributed by atoms with Crippen molar-refractivity contribution in [3.8, 4) is 0 Å². The fourth-order valence-electron chi connectivity index (χ4n) is 1.15. The van der Waals surface area contributed by atoms with Gasteiger partial charge in [0.25, 0.3) is 0 Å². The van der Waals surface area contributed by atoms with Gasteiger partial charge in [-0.3, -0.25) is 14.5 Å². The van der Waals surface area contributed by atoms with Crippen LogP contribution < -0.4 is 0 Å². The number of alkyl halides is 3. The van der Waals surface area contributed by atoms with Crippen LogP contribution in [0.3, 0.4) is 0 Å². The van der Waals surface area contributed by atoms with Crippen molar-refractivity contribution in [1.29, 1.82) is 0 Å². The van der Waals surface area contributed by atoms with Crippen molar-refractivity contribution < 1.29 is 27.9 Å². The lowest BCUT2D eigenvalue weighted by Crippen LogP contribution is -2.53. The number of nitrogens with zero attached hydrogens (tertiary/aromatic N) is 1. The van der Waals surface area contributed by atoms with Gasteiger partial charge in [0.15, 0.2) is 0 Å². The Morgan fingerprint density at radius 3 is 2.21 bits per heavy atom. The smallest absolute Gasteiger partial charge is 0.451 e. The molecule has 0 aromatic heterocycles. The van der Waals surface area contributed by atoms with Gasteiger partial charge >= 0.3 is 12.1 Å². The Labute approximate surface area is 77.3 Å². The monoisotopic (exact) mass is 211 g/mol. The van der Waals surface area contributed by atoms with E-state index in [1.165, 1.54) is 0 Å². The summed E-state index contributed by atoms with van der Waals surface area (Å²) in [6.07, 6.45) is -4.83. The molecular weight excluding hydrogens is 203 g/mol. The third-order valence-corrected chi connectivity index (χ3v) is 1.99. The van der Waals surface area contributed by atoms with E-state index >= 15 is 0 Å². The molecule has 0 saturated carbocycles. The number of carboxylic acids is 1. The first kappa shape index (κ1) is 11.0. The fourth-order valence-corrected chi connectivity index (χ4v) is 1.15. The van der Waals surface area contributed by atoms with Crippen LogP contribution in [0.15, 0.2) is 0 Å². The highest BCUT2D eigenvalue weighted by Gasteiger charge is 2.42. The summed E-state index contributed by atoms with van der Waals surface area (Å²) in [7, 11) is 0.